The Morgan fingerprint density at radius 1 is 1.57 bits per heavy atom. The van der Waals surface area contributed by atoms with Crippen molar-refractivity contribution in [1.29, 1.82) is 0 Å². The van der Waals surface area contributed by atoms with Crippen LogP contribution in [0.2, 0.25) is 0 Å². The smallest absolute Gasteiger partial charge is 0.261 e. The van der Waals surface area contributed by atoms with E-state index in [0.717, 1.165) is 5.69 Å². The maximum absolute atomic E-state index is 11.7. The zero-order valence-corrected chi connectivity index (χ0v) is 8.97. The molecule has 0 saturated carbocycles. The standard InChI is InChI=1S/C8H10BrF2NO2/c9-3-6-7(14-5-12-6)1-2-13-4-8(10)11/h5,8H,1-4H2. The highest BCUT2D eigenvalue weighted by Gasteiger charge is 2.07. The first-order valence-corrected chi connectivity index (χ1v) is 5.19. The number of nitrogens with zero attached hydrogens (tertiary/aromatic N) is 1. The van der Waals surface area contributed by atoms with E-state index in [1.165, 1.54) is 6.39 Å². The molecule has 0 aliphatic heterocycles. The highest BCUT2D eigenvalue weighted by Crippen LogP contribution is 2.11. The number of oxazole rings is 1. The summed E-state index contributed by atoms with van der Waals surface area (Å²) in [6.07, 6.45) is -0.618. The normalized spacial score (nSPS) is 11.1. The monoisotopic (exact) mass is 269 g/mol. The van der Waals surface area contributed by atoms with E-state index in [1.807, 2.05) is 0 Å². The Morgan fingerprint density at radius 3 is 3.00 bits per heavy atom. The molecule has 14 heavy (non-hydrogen) atoms. The Balaban J connectivity index is 2.24. The second-order valence-corrected chi connectivity index (χ2v) is 3.13. The number of aromatic nitrogens is 1. The molecule has 0 saturated heterocycles. The second-order valence-electron chi connectivity index (χ2n) is 2.57. The van der Waals surface area contributed by atoms with Gasteiger partial charge in [0.05, 0.1) is 12.3 Å². The molecule has 0 radical (unpaired) electrons. The lowest BCUT2D eigenvalue weighted by molar-refractivity contribution is 0.0176. The van der Waals surface area contributed by atoms with E-state index in [-0.39, 0.29) is 6.61 Å². The van der Waals surface area contributed by atoms with Gasteiger partial charge in [-0.3, -0.25) is 0 Å². The summed E-state index contributed by atoms with van der Waals surface area (Å²) in [5.41, 5.74) is 0.783. The van der Waals surface area contributed by atoms with E-state index in [0.29, 0.717) is 17.5 Å². The van der Waals surface area contributed by atoms with Gasteiger partial charge in [0.2, 0.25) is 0 Å². The van der Waals surface area contributed by atoms with Crippen LogP contribution in [0.25, 0.3) is 0 Å². The van der Waals surface area contributed by atoms with Crippen molar-refractivity contribution in [2.45, 2.75) is 18.2 Å². The summed E-state index contributed by atoms with van der Waals surface area (Å²) >= 11 is 3.24. The predicted molar refractivity (Wildman–Crippen MR) is 49.7 cm³/mol. The third-order valence-corrected chi connectivity index (χ3v) is 2.10. The summed E-state index contributed by atoms with van der Waals surface area (Å²) in [4.78, 5) is 3.93. The number of hydrogen-bond acceptors (Lipinski definition) is 3. The number of hydrogen-bond donors (Lipinski definition) is 0. The Kier molecular flexibility index (Phi) is 5.03. The van der Waals surface area contributed by atoms with Crippen LogP contribution in [-0.4, -0.2) is 24.6 Å². The molecule has 3 nitrogen and oxygen atoms in total. The highest BCUT2D eigenvalue weighted by molar-refractivity contribution is 9.08. The number of alkyl halides is 3. The Bertz CT molecular complexity index is 268. The van der Waals surface area contributed by atoms with Gasteiger partial charge in [0.15, 0.2) is 6.39 Å². The van der Waals surface area contributed by atoms with Crippen LogP contribution in [0.5, 0.6) is 0 Å². The van der Waals surface area contributed by atoms with Crippen LogP contribution in [-0.2, 0) is 16.5 Å². The summed E-state index contributed by atoms with van der Waals surface area (Å²) in [6, 6.07) is 0. The Hall–Kier alpha value is -0.490. The van der Waals surface area contributed by atoms with Crippen molar-refractivity contribution in [1.82, 2.24) is 4.98 Å². The van der Waals surface area contributed by atoms with Gasteiger partial charge < -0.3 is 9.15 Å². The molecule has 0 amide bonds. The summed E-state index contributed by atoms with van der Waals surface area (Å²) < 4.78 is 33.1. The fourth-order valence-electron chi connectivity index (χ4n) is 0.943. The minimum atomic E-state index is -2.42. The van der Waals surface area contributed by atoms with Gasteiger partial charge in [0, 0.05) is 11.8 Å². The minimum Gasteiger partial charge on any atom is -0.448 e. The third-order valence-electron chi connectivity index (χ3n) is 1.57. The Labute approximate surface area is 88.6 Å². The quantitative estimate of drug-likeness (QED) is 0.588. The number of rotatable bonds is 6. The minimum absolute atomic E-state index is 0.222. The van der Waals surface area contributed by atoms with E-state index in [9.17, 15) is 8.78 Å². The number of ether oxygens (including phenoxy) is 1. The van der Waals surface area contributed by atoms with Crippen molar-refractivity contribution in [3.63, 3.8) is 0 Å². The maximum atomic E-state index is 11.7. The fourth-order valence-corrected chi connectivity index (χ4v) is 1.40. The molecular formula is C8H10BrF2NO2. The molecule has 0 aromatic carbocycles. The SMILES string of the molecule is FC(F)COCCc1ocnc1CBr. The van der Waals surface area contributed by atoms with Crippen LogP contribution in [0.3, 0.4) is 0 Å². The van der Waals surface area contributed by atoms with Crippen molar-refractivity contribution in [2.75, 3.05) is 13.2 Å². The molecule has 0 spiro atoms. The molecule has 6 heteroatoms. The average molecular weight is 270 g/mol. The van der Waals surface area contributed by atoms with E-state index < -0.39 is 13.0 Å². The lowest BCUT2D eigenvalue weighted by Gasteiger charge is -2.01. The summed E-state index contributed by atoms with van der Waals surface area (Å²) in [6.45, 7) is -0.308. The molecule has 1 heterocycles. The molecule has 0 fully saturated rings. The van der Waals surface area contributed by atoms with E-state index in [1.54, 1.807) is 0 Å². The van der Waals surface area contributed by atoms with Crippen LogP contribution >= 0.6 is 15.9 Å². The fraction of sp³-hybridized carbons (Fsp3) is 0.625. The molecule has 0 aliphatic carbocycles. The lowest BCUT2D eigenvalue weighted by Crippen LogP contribution is -2.07. The lowest BCUT2D eigenvalue weighted by atomic mass is 10.3. The molecule has 1 aromatic rings. The van der Waals surface area contributed by atoms with E-state index in [2.05, 4.69) is 20.9 Å². The van der Waals surface area contributed by atoms with Gasteiger partial charge >= 0.3 is 0 Å². The average Bonchev–Trinajstić information content (AvgIpc) is 2.59. The maximum Gasteiger partial charge on any atom is 0.261 e. The molecule has 0 aliphatic rings. The number of halogens is 3. The molecule has 0 bridgehead atoms. The van der Waals surface area contributed by atoms with Crippen molar-refractivity contribution in [3.05, 3.63) is 17.8 Å². The molecule has 1 aromatic heterocycles. The molecule has 0 unspecified atom stereocenters. The first kappa shape index (κ1) is 11.6. The van der Waals surface area contributed by atoms with Gasteiger partial charge in [-0.25, -0.2) is 13.8 Å². The van der Waals surface area contributed by atoms with Crippen molar-refractivity contribution < 1.29 is 17.9 Å². The van der Waals surface area contributed by atoms with Crippen LogP contribution in [0.1, 0.15) is 11.5 Å². The zero-order chi connectivity index (χ0) is 10.4. The van der Waals surface area contributed by atoms with Gasteiger partial charge in [-0.1, -0.05) is 15.9 Å². The highest BCUT2D eigenvalue weighted by atomic mass is 79.9. The van der Waals surface area contributed by atoms with E-state index in [4.69, 9.17) is 9.15 Å². The largest absolute Gasteiger partial charge is 0.448 e. The van der Waals surface area contributed by atoms with Gasteiger partial charge in [-0.05, 0) is 0 Å². The zero-order valence-electron chi connectivity index (χ0n) is 7.38. The summed E-state index contributed by atoms with van der Waals surface area (Å²) in [7, 11) is 0. The first-order chi connectivity index (χ1) is 6.74. The van der Waals surface area contributed by atoms with Crippen LogP contribution in [0, 0.1) is 0 Å². The third kappa shape index (κ3) is 3.71. The molecule has 0 atom stereocenters. The van der Waals surface area contributed by atoms with Crippen LogP contribution < -0.4 is 0 Å². The van der Waals surface area contributed by atoms with Crippen molar-refractivity contribution in [2.24, 2.45) is 0 Å². The molecular weight excluding hydrogens is 260 g/mol. The molecule has 80 valence electrons. The topological polar surface area (TPSA) is 35.3 Å². The molecule has 1 rings (SSSR count). The first-order valence-electron chi connectivity index (χ1n) is 4.07. The predicted octanol–water partition coefficient (Wildman–Crippen LogP) is 2.39. The van der Waals surface area contributed by atoms with Crippen LogP contribution in [0.15, 0.2) is 10.8 Å². The molecule has 0 N–H and O–H groups in total. The summed E-state index contributed by atoms with van der Waals surface area (Å²) in [5, 5.41) is 0.591. The van der Waals surface area contributed by atoms with Gasteiger partial charge in [0.25, 0.3) is 6.43 Å². The van der Waals surface area contributed by atoms with Gasteiger partial charge in [0.1, 0.15) is 12.4 Å². The summed E-state index contributed by atoms with van der Waals surface area (Å²) in [5.74, 6) is 0.677. The Morgan fingerprint density at radius 2 is 2.36 bits per heavy atom. The van der Waals surface area contributed by atoms with Gasteiger partial charge in [-0.2, -0.15) is 0 Å². The van der Waals surface area contributed by atoms with Gasteiger partial charge in [-0.15, -0.1) is 0 Å². The van der Waals surface area contributed by atoms with Crippen molar-refractivity contribution >= 4 is 15.9 Å². The second kappa shape index (κ2) is 6.08. The van der Waals surface area contributed by atoms with Crippen LogP contribution in [0.4, 0.5) is 8.78 Å². The van der Waals surface area contributed by atoms with Crippen molar-refractivity contribution in [3.8, 4) is 0 Å². The van der Waals surface area contributed by atoms with E-state index >= 15 is 0 Å².